The predicted octanol–water partition coefficient (Wildman–Crippen LogP) is 4.29. The maximum Gasteiger partial charge on any atom is 0.0961 e. The second kappa shape index (κ2) is 5.66. The topological polar surface area (TPSA) is 33.1 Å². The van der Waals surface area contributed by atoms with Gasteiger partial charge in [0.1, 0.15) is 0 Å². The van der Waals surface area contributed by atoms with Gasteiger partial charge in [-0.25, -0.2) is 4.98 Å². The second-order valence-corrected chi connectivity index (χ2v) is 6.71. The molecule has 0 bridgehead atoms. The third-order valence-electron chi connectivity index (χ3n) is 4.49. The first-order chi connectivity index (χ1) is 9.71. The van der Waals surface area contributed by atoms with E-state index in [9.17, 15) is 5.11 Å². The minimum atomic E-state index is -0.527. The molecule has 1 aromatic carbocycles. The van der Waals surface area contributed by atoms with E-state index >= 15 is 0 Å². The number of aromatic nitrogens is 1. The van der Waals surface area contributed by atoms with Crippen LogP contribution in [0, 0.1) is 5.92 Å². The Hall–Kier alpha value is -1.19. The van der Waals surface area contributed by atoms with Gasteiger partial charge in [0.2, 0.25) is 0 Å². The average molecular weight is 287 g/mol. The fourth-order valence-electron chi connectivity index (χ4n) is 3.34. The molecule has 106 valence electrons. The fourth-order valence-corrected chi connectivity index (χ4v) is 4.26. The minimum absolute atomic E-state index is 0.437. The zero-order valence-corrected chi connectivity index (χ0v) is 12.7. The van der Waals surface area contributed by atoms with Crippen LogP contribution in [-0.2, 0) is 6.42 Å². The lowest BCUT2D eigenvalue weighted by Crippen LogP contribution is -2.35. The van der Waals surface area contributed by atoms with Crippen LogP contribution in [0.15, 0.2) is 35.7 Å². The van der Waals surface area contributed by atoms with Crippen LogP contribution in [0.3, 0.4) is 0 Å². The van der Waals surface area contributed by atoms with Crippen molar-refractivity contribution in [2.45, 2.75) is 44.6 Å². The first kappa shape index (κ1) is 13.8. The molecule has 1 aliphatic carbocycles. The molecule has 0 radical (unpaired) electrons. The van der Waals surface area contributed by atoms with Crippen molar-refractivity contribution in [1.82, 2.24) is 4.98 Å². The molecule has 3 rings (SSSR count). The van der Waals surface area contributed by atoms with E-state index in [0.29, 0.717) is 12.3 Å². The van der Waals surface area contributed by atoms with Gasteiger partial charge in [0.15, 0.2) is 0 Å². The van der Waals surface area contributed by atoms with Gasteiger partial charge in [0, 0.05) is 17.4 Å². The summed E-state index contributed by atoms with van der Waals surface area (Å²) in [6.07, 6.45) is 5.00. The Balaban J connectivity index is 1.78. The summed E-state index contributed by atoms with van der Waals surface area (Å²) in [5.74, 6) is 0.437. The molecule has 2 aromatic rings. The molecule has 2 nitrogen and oxygen atoms in total. The standard InChI is InChI=1S/C17H21NOS/c1-2-14-9-6-10-17(14,19)11-16-18-15(12-20-16)13-7-4-3-5-8-13/h3-5,7-8,12,14,19H,2,6,9-11H2,1H3. The zero-order chi connectivity index (χ0) is 14.0. The van der Waals surface area contributed by atoms with E-state index in [1.54, 1.807) is 11.3 Å². The van der Waals surface area contributed by atoms with Crippen LogP contribution in [0.1, 0.15) is 37.6 Å². The minimum Gasteiger partial charge on any atom is -0.389 e. The van der Waals surface area contributed by atoms with Crippen molar-refractivity contribution in [3.63, 3.8) is 0 Å². The van der Waals surface area contributed by atoms with Crippen LogP contribution in [0.25, 0.3) is 11.3 Å². The molecule has 0 amide bonds. The Morgan fingerprint density at radius 3 is 2.90 bits per heavy atom. The normalized spacial score (nSPS) is 26.0. The van der Waals surface area contributed by atoms with Crippen LogP contribution < -0.4 is 0 Å². The number of benzene rings is 1. The van der Waals surface area contributed by atoms with Gasteiger partial charge in [0.05, 0.1) is 16.3 Å². The van der Waals surface area contributed by atoms with E-state index in [1.165, 1.54) is 0 Å². The summed E-state index contributed by atoms with van der Waals surface area (Å²) in [6.45, 7) is 2.18. The third-order valence-corrected chi connectivity index (χ3v) is 5.34. The number of hydrogen-bond acceptors (Lipinski definition) is 3. The Bertz CT molecular complexity index is 565. The largest absolute Gasteiger partial charge is 0.389 e. The molecular weight excluding hydrogens is 266 g/mol. The number of aliphatic hydroxyl groups is 1. The van der Waals surface area contributed by atoms with Crippen molar-refractivity contribution in [2.75, 3.05) is 0 Å². The van der Waals surface area contributed by atoms with Crippen LogP contribution >= 0.6 is 11.3 Å². The number of nitrogens with zero attached hydrogens (tertiary/aromatic N) is 1. The van der Waals surface area contributed by atoms with E-state index in [1.807, 2.05) is 18.2 Å². The monoisotopic (exact) mass is 287 g/mol. The van der Waals surface area contributed by atoms with E-state index in [2.05, 4.69) is 24.4 Å². The molecule has 1 saturated carbocycles. The Morgan fingerprint density at radius 1 is 1.35 bits per heavy atom. The molecule has 2 atom stereocenters. The smallest absolute Gasteiger partial charge is 0.0961 e. The van der Waals surface area contributed by atoms with Crippen molar-refractivity contribution in [1.29, 1.82) is 0 Å². The average Bonchev–Trinajstić information content (AvgIpc) is 3.07. The van der Waals surface area contributed by atoms with Gasteiger partial charge >= 0.3 is 0 Å². The summed E-state index contributed by atoms with van der Waals surface area (Å²) >= 11 is 1.67. The van der Waals surface area contributed by atoms with Crippen LogP contribution in [0.4, 0.5) is 0 Å². The van der Waals surface area contributed by atoms with Gasteiger partial charge in [-0.3, -0.25) is 0 Å². The van der Waals surface area contributed by atoms with E-state index in [0.717, 1.165) is 41.9 Å². The second-order valence-electron chi connectivity index (χ2n) is 5.77. The van der Waals surface area contributed by atoms with Crippen molar-refractivity contribution in [3.8, 4) is 11.3 Å². The highest BCUT2D eigenvalue weighted by Gasteiger charge is 2.40. The molecular formula is C17H21NOS. The van der Waals surface area contributed by atoms with Crippen LogP contribution in [0.5, 0.6) is 0 Å². The van der Waals surface area contributed by atoms with E-state index in [4.69, 9.17) is 4.98 Å². The molecule has 1 N–H and O–H groups in total. The first-order valence-electron chi connectivity index (χ1n) is 7.43. The first-order valence-corrected chi connectivity index (χ1v) is 8.31. The number of hydrogen-bond donors (Lipinski definition) is 1. The molecule has 0 saturated heterocycles. The maximum atomic E-state index is 10.9. The molecule has 1 fully saturated rings. The molecule has 20 heavy (non-hydrogen) atoms. The molecule has 1 aliphatic rings. The molecule has 0 spiro atoms. The fraction of sp³-hybridized carbons (Fsp3) is 0.471. The molecule has 1 heterocycles. The lowest BCUT2D eigenvalue weighted by molar-refractivity contribution is 0.00145. The summed E-state index contributed by atoms with van der Waals surface area (Å²) in [7, 11) is 0. The molecule has 2 unspecified atom stereocenters. The zero-order valence-electron chi connectivity index (χ0n) is 11.9. The predicted molar refractivity (Wildman–Crippen MR) is 83.8 cm³/mol. The quantitative estimate of drug-likeness (QED) is 0.909. The Kier molecular flexibility index (Phi) is 3.90. The van der Waals surface area contributed by atoms with Gasteiger partial charge in [-0.1, -0.05) is 50.1 Å². The summed E-state index contributed by atoms with van der Waals surface area (Å²) < 4.78 is 0. The lowest BCUT2D eigenvalue weighted by Gasteiger charge is -2.28. The molecule has 1 aromatic heterocycles. The van der Waals surface area contributed by atoms with Gasteiger partial charge in [0.25, 0.3) is 0 Å². The summed E-state index contributed by atoms with van der Waals surface area (Å²) in [6, 6.07) is 10.2. The van der Waals surface area contributed by atoms with Crippen LogP contribution in [-0.4, -0.2) is 15.7 Å². The van der Waals surface area contributed by atoms with Gasteiger partial charge in [-0.2, -0.15) is 0 Å². The summed E-state index contributed by atoms with van der Waals surface area (Å²) in [5.41, 5.74) is 1.65. The SMILES string of the molecule is CCC1CCCC1(O)Cc1nc(-c2ccccc2)cs1. The van der Waals surface area contributed by atoms with E-state index < -0.39 is 5.60 Å². The van der Waals surface area contributed by atoms with Gasteiger partial charge in [-0.15, -0.1) is 11.3 Å². The lowest BCUT2D eigenvalue weighted by atomic mass is 9.86. The van der Waals surface area contributed by atoms with Crippen molar-refractivity contribution in [3.05, 3.63) is 40.7 Å². The summed E-state index contributed by atoms with van der Waals surface area (Å²) in [4.78, 5) is 4.72. The number of rotatable bonds is 4. The highest BCUT2D eigenvalue weighted by atomic mass is 32.1. The van der Waals surface area contributed by atoms with Gasteiger partial charge in [-0.05, 0) is 18.8 Å². The maximum absolute atomic E-state index is 10.9. The number of thiazole rings is 1. The van der Waals surface area contributed by atoms with E-state index in [-0.39, 0.29) is 0 Å². The van der Waals surface area contributed by atoms with Crippen LogP contribution in [0.2, 0.25) is 0 Å². The van der Waals surface area contributed by atoms with Crippen molar-refractivity contribution < 1.29 is 5.11 Å². The Labute approximate surface area is 124 Å². The highest BCUT2D eigenvalue weighted by molar-refractivity contribution is 7.09. The third kappa shape index (κ3) is 2.65. The summed E-state index contributed by atoms with van der Waals surface area (Å²) in [5, 5.41) is 14.0. The Morgan fingerprint density at radius 2 is 2.15 bits per heavy atom. The highest BCUT2D eigenvalue weighted by Crippen LogP contribution is 2.40. The van der Waals surface area contributed by atoms with Crippen molar-refractivity contribution >= 4 is 11.3 Å². The molecule has 0 aliphatic heterocycles. The molecule has 3 heteroatoms. The van der Waals surface area contributed by atoms with Gasteiger partial charge < -0.3 is 5.11 Å². The van der Waals surface area contributed by atoms with Crippen molar-refractivity contribution in [2.24, 2.45) is 5.92 Å².